The first-order valence-corrected chi connectivity index (χ1v) is 10.1. The van der Waals surface area contributed by atoms with Crippen molar-refractivity contribution in [3.63, 3.8) is 0 Å². The van der Waals surface area contributed by atoms with Crippen molar-refractivity contribution in [1.82, 2.24) is 19.5 Å². The summed E-state index contributed by atoms with van der Waals surface area (Å²) in [5, 5.41) is 0. The number of aromatic nitrogens is 4. The number of fused-ring (bicyclic) bond motifs is 2. The SMILES string of the molecule is CC1(C)c2cc(-c3ccccc3)ccc2-n2c(-c3ccncn3)nc3cccc1c32. The summed E-state index contributed by atoms with van der Waals surface area (Å²) >= 11 is 0. The summed E-state index contributed by atoms with van der Waals surface area (Å²) < 4.78 is 2.27. The molecular formula is C26H20N4. The van der Waals surface area contributed by atoms with Crippen LogP contribution in [0.3, 0.4) is 0 Å². The molecule has 0 atom stereocenters. The third-order valence-electron chi connectivity index (χ3n) is 6.18. The second-order valence-corrected chi connectivity index (χ2v) is 8.26. The summed E-state index contributed by atoms with van der Waals surface area (Å²) in [7, 11) is 0. The van der Waals surface area contributed by atoms with Gasteiger partial charge in [-0.3, -0.25) is 4.57 Å². The van der Waals surface area contributed by atoms with Crippen LogP contribution in [-0.2, 0) is 5.41 Å². The minimum atomic E-state index is -0.140. The highest BCUT2D eigenvalue weighted by Gasteiger charge is 2.36. The van der Waals surface area contributed by atoms with Gasteiger partial charge in [0, 0.05) is 11.6 Å². The van der Waals surface area contributed by atoms with E-state index >= 15 is 0 Å². The summed E-state index contributed by atoms with van der Waals surface area (Å²) in [5.41, 5.74) is 9.02. The number of imidazole rings is 1. The molecule has 5 aromatic rings. The lowest BCUT2D eigenvalue weighted by Crippen LogP contribution is -2.26. The van der Waals surface area contributed by atoms with Crippen LogP contribution in [0.25, 0.3) is 39.4 Å². The zero-order valence-corrected chi connectivity index (χ0v) is 16.9. The molecule has 4 heteroatoms. The summed E-state index contributed by atoms with van der Waals surface area (Å²) in [6.45, 7) is 4.60. The Hall–Kier alpha value is -3.79. The maximum absolute atomic E-state index is 4.97. The van der Waals surface area contributed by atoms with Gasteiger partial charge in [0.05, 0.1) is 16.7 Å². The molecule has 1 aliphatic rings. The predicted octanol–water partition coefficient (Wildman–Crippen LogP) is 5.79. The van der Waals surface area contributed by atoms with E-state index in [9.17, 15) is 0 Å². The number of hydrogen-bond donors (Lipinski definition) is 0. The molecule has 2 aromatic heterocycles. The first-order chi connectivity index (χ1) is 14.6. The minimum absolute atomic E-state index is 0.140. The molecule has 1 aliphatic heterocycles. The fourth-order valence-electron chi connectivity index (χ4n) is 4.65. The lowest BCUT2D eigenvalue weighted by Gasteiger charge is -2.35. The van der Waals surface area contributed by atoms with Crippen molar-refractivity contribution in [2.45, 2.75) is 19.3 Å². The summed E-state index contributed by atoms with van der Waals surface area (Å²) in [6, 6.07) is 25.6. The third kappa shape index (κ3) is 2.31. The highest BCUT2D eigenvalue weighted by Crippen LogP contribution is 2.46. The summed E-state index contributed by atoms with van der Waals surface area (Å²) in [6.07, 6.45) is 3.34. The molecule has 0 spiro atoms. The quantitative estimate of drug-likeness (QED) is 0.384. The van der Waals surface area contributed by atoms with E-state index in [1.807, 2.05) is 6.07 Å². The van der Waals surface area contributed by atoms with E-state index in [4.69, 9.17) is 4.98 Å². The van der Waals surface area contributed by atoms with Crippen molar-refractivity contribution < 1.29 is 0 Å². The Morgan fingerprint density at radius 1 is 0.800 bits per heavy atom. The van der Waals surface area contributed by atoms with Crippen molar-refractivity contribution in [3.8, 4) is 28.3 Å². The smallest absolute Gasteiger partial charge is 0.164 e. The van der Waals surface area contributed by atoms with Gasteiger partial charge in [-0.2, -0.15) is 0 Å². The van der Waals surface area contributed by atoms with Gasteiger partial charge in [0.2, 0.25) is 0 Å². The van der Waals surface area contributed by atoms with Crippen LogP contribution in [0.2, 0.25) is 0 Å². The maximum atomic E-state index is 4.97. The van der Waals surface area contributed by atoms with Crippen LogP contribution in [0.4, 0.5) is 0 Å². The third-order valence-corrected chi connectivity index (χ3v) is 6.18. The highest BCUT2D eigenvalue weighted by atomic mass is 15.1. The molecule has 0 fully saturated rings. The largest absolute Gasteiger partial charge is 0.290 e. The van der Waals surface area contributed by atoms with Crippen molar-refractivity contribution in [1.29, 1.82) is 0 Å². The zero-order chi connectivity index (χ0) is 20.3. The molecule has 0 radical (unpaired) electrons. The molecule has 30 heavy (non-hydrogen) atoms. The van der Waals surface area contributed by atoms with Crippen LogP contribution in [0.15, 0.2) is 85.3 Å². The van der Waals surface area contributed by atoms with Gasteiger partial charge >= 0.3 is 0 Å². The Morgan fingerprint density at radius 2 is 1.67 bits per heavy atom. The van der Waals surface area contributed by atoms with Gasteiger partial charge in [0.25, 0.3) is 0 Å². The minimum Gasteiger partial charge on any atom is -0.290 e. The molecule has 0 amide bonds. The first kappa shape index (κ1) is 17.1. The Kier molecular flexibility index (Phi) is 3.48. The summed E-state index contributed by atoms with van der Waals surface area (Å²) in [5.74, 6) is 0.851. The molecular weight excluding hydrogens is 368 g/mol. The Balaban J connectivity index is 1.70. The Bertz CT molecular complexity index is 1400. The molecule has 144 valence electrons. The second kappa shape index (κ2) is 6.10. The molecule has 0 saturated heterocycles. The van der Waals surface area contributed by atoms with E-state index in [0.29, 0.717) is 0 Å². The lowest BCUT2D eigenvalue weighted by atomic mass is 9.74. The molecule has 0 N–H and O–H groups in total. The van der Waals surface area contributed by atoms with E-state index in [1.54, 1.807) is 12.5 Å². The fourth-order valence-corrected chi connectivity index (χ4v) is 4.65. The number of para-hydroxylation sites is 1. The average Bonchev–Trinajstić information content (AvgIpc) is 3.19. The standard InChI is InChI=1S/C26H20N4/c1-26(2)19-9-6-10-21-24(19)30(25(29-21)22-13-14-27-16-28-22)23-12-11-18(15-20(23)26)17-7-4-3-5-8-17/h3-16H,1-2H3. The van der Waals surface area contributed by atoms with E-state index in [2.05, 4.69) is 95.1 Å². The monoisotopic (exact) mass is 388 g/mol. The fraction of sp³-hybridized carbons (Fsp3) is 0.115. The molecule has 0 saturated carbocycles. The van der Waals surface area contributed by atoms with Gasteiger partial charge in [-0.15, -0.1) is 0 Å². The van der Waals surface area contributed by atoms with Crippen LogP contribution in [0, 0.1) is 0 Å². The van der Waals surface area contributed by atoms with Crippen LogP contribution in [-0.4, -0.2) is 19.5 Å². The maximum Gasteiger partial charge on any atom is 0.164 e. The normalized spacial score (nSPS) is 13.9. The number of hydrogen-bond acceptors (Lipinski definition) is 3. The van der Waals surface area contributed by atoms with Gasteiger partial charge in [0.15, 0.2) is 5.82 Å². The molecule has 4 nitrogen and oxygen atoms in total. The van der Waals surface area contributed by atoms with E-state index in [-0.39, 0.29) is 5.41 Å². The zero-order valence-electron chi connectivity index (χ0n) is 16.9. The predicted molar refractivity (Wildman–Crippen MR) is 120 cm³/mol. The molecule has 0 bridgehead atoms. The van der Waals surface area contributed by atoms with E-state index < -0.39 is 0 Å². The number of benzene rings is 3. The summed E-state index contributed by atoms with van der Waals surface area (Å²) in [4.78, 5) is 13.5. The van der Waals surface area contributed by atoms with Gasteiger partial charge in [-0.1, -0.05) is 62.4 Å². The van der Waals surface area contributed by atoms with Gasteiger partial charge in [0.1, 0.15) is 12.0 Å². The molecule has 3 aromatic carbocycles. The lowest BCUT2D eigenvalue weighted by molar-refractivity contribution is 0.629. The van der Waals surface area contributed by atoms with Crippen molar-refractivity contribution in [3.05, 3.63) is 96.4 Å². The number of rotatable bonds is 2. The van der Waals surface area contributed by atoms with Crippen molar-refractivity contribution in [2.24, 2.45) is 0 Å². The van der Waals surface area contributed by atoms with E-state index in [1.165, 1.54) is 22.3 Å². The van der Waals surface area contributed by atoms with Gasteiger partial charge in [-0.05, 0) is 46.5 Å². The van der Waals surface area contributed by atoms with Crippen LogP contribution < -0.4 is 0 Å². The van der Waals surface area contributed by atoms with E-state index in [0.717, 1.165) is 28.2 Å². The molecule has 3 heterocycles. The van der Waals surface area contributed by atoms with Gasteiger partial charge in [-0.25, -0.2) is 15.0 Å². The topological polar surface area (TPSA) is 43.6 Å². The molecule has 0 unspecified atom stereocenters. The van der Waals surface area contributed by atoms with Crippen molar-refractivity contribution in [2.75, 3.05) is 0 Å². The van der Waals surface area contributed by atoms with Crippen LogP contribution >= 0.6 is 0 Å². The van der Waals surface area contributed by atoms with Crippen LogP contribution in [0.5, 0.6) is 0 Å². The highest BCUT2D eigenvalue weighted by molar-refractivity contribution is 5.90. The van der Waals surface area contributed by atoms with Crippen LogP contribution in [0.1, 0.15) is 25.0 Å². The number of nitrogens with zero attached hydrogens (tertiary/aromatic N) is 4. The second-order valence-electron chi connectivity index (χ2n) is 8.26. The first-order valence-electron chi connectivity index (χ1n) is 10.1. The molecule has 0 aliphatic carbocycles. The Labute approximate surface area is 174 Å². The van der Waals surface area contributed by atoms with Gasteiger partial charge < -0.3 is 0 Å². The van der Waals surface area contributed by atoms with Crippen molar-refractivity contribution >= 4 is 11.0 Å². The molecule has 6 rings (SSSR count). The average molecular weight is 388 g/mol. The Morgan fingerprint density at radius 3 is 2.47 bits per heavy atom.